The molecule has 1 aromatic carbocycles. The number of nitrogens with zero attached hydrogens (tertiary/aromatic N) is 1. The highest BCUT2D eigenvalue weighted by Crippen LogP contribution is 2.42. The Morgan fingerprint density at radius 2 is 1.39 bits per heavy atom. The quantitative estimate of drug-likeness (QED) is 0.354. The van der Waals surface area contributed by atoms with Crippen molar-refractivity contribution in [3.63, 3.8) is 0 Å². The summed E-state index contributed by atoms with van der Waals surface area (Å²) in [6, 6.07) is 4.38. The summed E-state index contributed by atoms with van der Waals surface area (Å²) in [7, 11) is -3.56. The maximum absolute atomic E-state index is 14.3. The number of sulfonamides is 1. The molecule has 1 aliphatic heterocycles. The molecule has 0 bridgehead atoms. The molecule has 1 heterocycles. The molecule has 0 radical (unpaired) electrons. The number of halogens is 1. The summed E-state index contributed by atoms with van der Waals surface area (Å²) in [5, 5.41) is 0. The van der Waals surface area contributed by atoms with Crippen LogP contribution in [0.2, 0.25) is 0 Å². The van der Waals surface area contributed by atoms with Crippen LogP contribution in [0.15, 0.2) is 17.0 Å². The highest BCUT2D eigenvalue weighted by Gasteiger charge is 2.43. The van der Waals surface area contributed by atoms with E-state index in [9.17, 15) is 8.42 Å². The van der Waals surface area contributed by atoms with Crippen molar-refractivity contribution in [2.75, 3.05) is 6.54 Å². The first-order chi connectivity index (χ1) is 14.6. The van der Waals surface area contributed by atoms with Gasteiger partial charge in [-0.1, -0.05) is 88.9 Å². The van der Waals surface area contributed by atoms with Crippen LogP contribution in [-0.4, -0.2) is 30.1 Å². The molecule has 31 heavy (non-hydrogen) atoms. The molecule has 0 aromatic heterocycles. The molecule has 1 saturated carbocycles. The summed E-state index contributed by atoms with van der Waals surface area (Å²) in [4.78, 5) is 0.849. The third-order valence-corrected chi connectivity index (χ3v) is 10.8. The van der Waals surface area contributed by atoms with Crippen molar-refractivity contribution in [1.29, 1.82) is 0 Å². The second-order valence-corrected chi connectivity index (χ2v) is 13.5. The molecule has 176 valence electrons. The van der Waals surface area contributed by atoms with E-state index in [-0.39, 0.29) is 22.7 Å². The van der Waals surface area contributed by atoms with Gasteiger partial charge >= 0.3 is 0 Å². The number of hydrogen-bond acceptors (Lipinski definition) is 2. The van der Waals surface area contributed by atoms with Crippen molar-refractivity contribution in [3.05, 3.63) is 28.8 Å². The smallest absolute Gasteiger partial charge is 0.207 e. The van der Waals surface area contributed by atoms with Gasteiger partial charge in [-0.3, -0.25) is 0 Å². The Labute approximate surface area is 199 Å². The van der Waals surface area contributed by atoms with Gasteiger partial charge in [-0.25, -0.2) is 8.42 Å². The third-order valence-electron chi connectivity index (χ3n) is 7.36. The molecule has 0 spiro atoms. The fourth-order valence-corrected chi connectivity index (χ4v) is 9.07. The van der Waals surface area contributed by atoms with Gasteiger partial charge < -0.3 is 0 Å². The van der Waals surface area contributed by atoms with E-state index in [1.165, 1.54) is 37.7 Å². The molecular formula is C26H42BrNO2S. The van der Waals surface area contributed by atoms with Gasteiger partial charge in [-0.2, -0.15) is 4.31 Å². The van der Waals surface area contributed by atoms with E-state index >= 15 is 0 Å². The molecule has 0 amide bonds. The Balaban J connectivity index is 2.07. The molecule has 3 nitrogen and oxygen atoms in total. The van der Waals surface area contributed by atoms with Crippen molar-refractivity contribution >= 4 is 26.0 Å². The van der Waals surface area contributed by atoms with Crippen LogP contribution in [0.3, 0.4) is 0 Å². The minimum Gasteiger partial charge on any atom is -0.207 e. The fourth-order valence-electron chi connectivity index (χ4n) is 5.45. The Bertz CT molecular complexity index is 827. The van der Waals surface area contributed by atoms with E-state index in [4.69, 9.17) is 0 Å². The Morgan fingerprint density at radius 1 is 0.839 bits per heavy atom. The lowest BCUT2D eigenvalue weighted by atomic mass is 9.84. The number of benzene rings is 1. The molecule has 1 unspecified atom stereocenters. The molecule has 1 saturated heterocycles. The third kappa shape index (κ3) is 5.24. The summed E-state index contributed by atoms with van der Waals surface area (Å²) in [5.74, 6) is 1.30. The average Bonchev–Trinajstić information content (AvgIpc) is 3.23. The minimum atomic E-state index is -3.56. The van der Waals surface area contributed by atoms with E-state index in [1.54, 1.807) is 0 Å². The monoisotopic (exact) mass is 511 g/mol. The van der Waals surface area contributed by atoms with Gasteiger partial charge in [0.25, 0.3) is 0 Å². The van der Waals surface area contributed by atoms with Crippen molar-refractivity contribution in [1.82, 2.24) is 4.31 Å². The van der Waals surface area contributed by atoms with Crippen molar-refractivity contribution in [3.8, 4) is 0 Å². The lowest BCUT2D eigenvalue weighted by molar-refractivity contribution is 0.281. The molecule has 5 heteroatoms. The van der Waals surface area contributed by atoms with Gasteiger partial charge in [0, 0.05) is 17.4 Å². The predicted molar refractivity (Wildman–Crippen MR) is 135 cm³/mol. The summed E-state index contributed by atoms with van der Waals surface area (Å²) < 4.78 is 30.4. The van der Waals surface area contributed by atoms with E-state index < -0.39 is 10.0 Å². The van der Waals surface area contributed by atoms with Gasteiger partial charge in [0.15, 0.2) is 0 Å². The topological polar surface area (TPSA) is 37.4 Å². The van der Waals surface area contributed by atoms with Crippen molar-refractivity contribution in [2.45, 2.75) is 120 Å². The summed E-state index contributed by atoms with van der Waals surface area (Å²) in [6.07, 6.45) is 8.23. The van der Waals surface area contributed by atoms with E-state index in [1.807, 2.05) is 4.31 Å². The lowest BCUT2D eigenvalue weighted by Crippen LogP contribution is -2.44. The Hall–Kier alpha value is -0.390. The average molecular weight is 513 g/mol. The van der Waals surface area contributed by atoms with Gasteiger partial charge in [0.2, 0.25) is 10.0 Å². The van der Waals surface area contributed by atoms with Crippen LogP contribution >= 0.6 is 15.9 Å². The molecule has 3 rings (SSSR count). The largest absolute Gasteiger partial charge is 0.243 e. The van der Waals surface area contributed by atoms with E-state index in [2.05, 4.69) is 69.6 Å². The summed E-state index contributed by atoms with van der Waals surface area (Å²) in [6.45, 7) is 13.5. The van der Waals surface area contributed by atoms with Crippen LogP contribution < -0.4 is 0 Å². The first kappa shape index (κ1) is 25.2. The molecular weight excluding hydrogens is 470 g/mol. The van der Waals surface area contributed by atoms with Gasteiger partial charge in [0.05, 0.1) is 4.90 Å². The first-order valence-corrected chi connectivity index (χ1v) is 14.7. The normalized spacial score (nSPS) is 22.7. The molecule has 2 fully saturated rings. The zero-order chi connectivity index (χ0) is 22.9. The first-order valence-electron chi connectivity index (χ1n) is 12.4. The zero-order valence-corrected chi connectivity index (χ0v) is 22.7. The van der Waals surface area contributed by atoms with Crippen molar-refractivity contribution < 1.29 is 8.42 Å². The standard InChI is InChI=1S/C26H42BrNO2S/c1-17(2)21-15-22(18(3)4)26(23(16-21)19(5)6)31(29,30)28-14-10-13-24(28)25(27)20-11-8-7-9-12-20/h15-20,24-25H,7-14H2,1-6H3/t24?,25-/m0/s1. The van der Waals surface area contributed by atoms with Crippen LogP contribution in [-0.2, 0) is 10.0 Å². The number of hydrogen-bond donors (Lipinski definition) is 0. The SMILES string of the molecule is CC(C)c1cc(C(C)C)c(S(=O)(=O)N2CCCC2[C@@H](Br)C2CCCCC2)c(C(C)C)c1. The van der Waals surface area contributed by atoms with Crippen LogP contribution in [0.1, 0.15) is 121 Å². The van der Waals surface area contributed by atoms with Crippen LogP contribution in [0.25, 0.3) is 0 Å². The summed E-state index contributed by atoms with van der Waals surface area (Å²) in [5.41, 5.74) is 3.22. The fraction of sp³-hybridized carbons (Fsp3) is 0.769. The van der Waals surface area contributed by atoms with Crippen LogP contribution in [0.4, 0.5) is 0 Å². The van der Waals surface area contributed by atoms with Crippen LogP contribution in [0.5, 0.6) is 0 Å². The highest BCUT2D eigenvalue weighted by molar-refractivity contribution is 9.09. The van der Waals surface area contributed by atoms with E-state index in [0.717, 1.165) is 24.0 Å². The van der Waals surface area contributed by atoms with Crippen molar-refractivity contribution in [2.24, 2.45) is 5.92 Å². The second-order valence-electron chi connectivity index (χ2n) is 10.7. The molecule has 0 N–H and O–H groups in total. The summed E-state index contributed by atoms with van der Waals surface area (Å²) >= 11 is 3.99. The maximum atomic E-state index is 14.3. The Kier molecular flexibility index (Phi) is 8.35. The lowest BCUT2D eigenvalue weighted by Gasteiger charge is -2.35. The maximum Gasteiger partial charge on any atom is 0.243 e. The van der Waals surface area contributed by atoms with Crippen LogP contribution in [0, 0.1) is 5.92 Å². The second kappa shape index (κ2) is 10.3. The molecule has 2 aliphatic rings. The highest BCUT2D eigenvalue weighted by atomic mass is 79.9. The van der Waals surface area contributed by atoms with Gasteiger partial charge in [0.1, 0.15) is 0 Å². The predicted octanol–water partition coefficient (Wildman–Crippen LogP) is 7.55. The van der Waals surface area contributed by atoms with Gasteiger partial charge in [-0.05, 0) is 66.0 Å². The number of rotatable bonds is 7. The van der Waals surface area contributed by atoms with Gasteiger partial charge in [-0.15, -0.1) is 0 Å². The molecule has 1 aliphatic carbocycles. The zero-order valence-electron chi connectivity index (χ0n) is 20.3. The number of alkyl halides is 1. The van der Waals surface area contributed by atoms with E-state index in [0.29, 0.717) is 23.3 Å². The minimum absolute atomic E-state index is 0.0675. The molecule has 1 aromatic rings. The Morgan fingerprint density at radius 3 is 1.87 bits per heavy atom. The molecule has 2 atom stereocenters.